The molecule has 134 valence electrons. The first kappa shape index (κ1) is 17.5. The molecule has 0 amide bonds. The van der Waals surface area contributed by atoms with Gasteiger partial charge in [-0.1, -0.05) is 26.0 Å². The number of para-hydroxylation sites is 2. The number of aromatic nitrogens is 4. The summed E-state index contributed by atoms with van der Waals surface area (Å²) in [6.07, 6.45) is 2.96. The molecule has 2 heterocycles. The minimum Gasteiger partial charge on any atom is -0.481 e. The molecule has 25 heavy (non-hydrogen) atoms. The standard InChI is InChI=1S/C19H27N5O/c1-14(2)18-15(19(25-4)23(3)22-18)12-20-10-7-11-24-13-21-16-8-5-6-9-17(16)24/h5-6,8-9,13-14,20H,7,10-12H2,1-4H3. The highest BCUT2D eigenvalue weighted by Crippen LogP contribution is 2.26. The molecular weight excluding hydrogens is 314 g/mol. The third-order valence-electron chi connectivity index (χ3n) is 4.44. The van der Waals surface area contributed by atoms with E-state index >= 15 is 0 Å². The second kappa shape index (κ2) is 7.70. The number of methoxy groups -OCH3 is 1. The summed E-state index contributed by atoms with van der Waals surface area (Å²) in [5.41, 5.74) is 4.51. The molecule has 0 spiro atoms. The SMILES string of the molecule is COc1c(CNCCCn2cnc3ccccc32)c(C(C)C)nn1C. The van der Waals surface area contributed by atoms with Crippen molar-refractivity contribution in [3.63, 3.8) is 0 Å². The molecule has 0 saturated carbocycles. The van der Waals surface area contributed by atoms with Crippen molar-refractivity contribution >= 4 is 11.0 Å². The molecule has 3 aromatic rings. The van der Waals surface area contributed by atoms with Crippen molar-refractivity contribution in [1.82, 2.24) is 24.6 Å². The van der Waals surface area contributed by atoms with E-state index in [1.807, 2.05) is 30.2 Å². The predicted molar refractivity (Wildman–Crippen MR) is 99.9 cm³/mol. The highest BCUT2D eigenvalue weighted by Gasteiger charge is 2.18. The minimum absolute atomic E-state index is 0.379. The topological polar surface area (TPSA) is 56.9 Å². The van der Waals surface area contributed by atoms with Gasteiger partial charge < -0.3 is 14.6 Å². The van der Waals surface area contributed by atoms with E-state index in [2.05, 4.69) is 45.9 Å². The maximum Gasteiger partial charge on any atom is 0.216 e. The van der Waals surface area contributed by atoms with E-state index in [9.17, 15) is 0 Å². The smallest absolute Gasteiger partial charge is 0.216 e. The third-order valence-corrected chi connectivity index (χ3v) is 4.44. The van der Waals surface area contributed by atoms with Gasteiger partial charge in [-0.3, -0.25) is 0 Å². The van der Waals surface area contributed by atoms with Gasteiger partial charge in [0.1, 0.15) is 0 Å². The Bertz CT molecular complexity index is 834. The highest BCUT2D eigenvalue weighted by molar-refractivity contribution is 5.74. The van der Waals surface area contributed by atoms with Crippen LogP contribution in [0, 0.1) is 0 Å². The molecule has 1 aromatic carbocycles. The molecule has 0 aliphatic carbocycles. The van der Waals surface area contributed by atoms with Crippen molar-refractivity contribution in [3.05, 3.63) is 41.9 Å². The molecule has 0 bridgehead atoms. The fourth-order valence-electron chi connectivity index (χ4n) is 3.23. The lowest BCUT2D eigenvalue weighted by Gasteiger charge is -2.10. The fraction of sp³-hybridized carbons (Fsp3) is 0.474. The van der Waals surface area contributed by atoms with Gasteiger partial charge in [0.2, 0.25) is 5.88 Å². The van der Waals surface area contributed by atoms with Crippen LogP contribution in [0.2, 0.25) is 0 Å². The number of hydrogen-bond donors (Lipinski definition) is 1. The van der Waals surface area contributed by atoms with E-state index in [1.165, 1.54) is 5.52 Å². The summed E-state index contributed by atoms with van der Waals surface area (Å²) in [5, 5.41) is 8.12. The van der Waals surface area contributed by atoms with Gasteiger partial charge >= 0.3 is 0 Å². The molecule has 1 N–H and O–H groups in total. The summed E-state index contributed by atoms with van der Waals surface area (Å²) in [6.45, 7) is 6.98. The molecule has 0 fully saturated rings. The first-order valence-electron chi connectivity index (χ1n) is 8.82. The first-order valence-corrected chi connectivity index (χ1v) is 8.82. The fourth-order valence-corrected chi connectivity index (χ4v) is 3.23. The van der Waals surface area contributed by atoms with Crippen LogP contribution in [0.4, 0.5) is 0 Å². The van der Waals surface area contributed by atoms with Crippen LogP contribution in [-0.4, -0.2) is 33.0 Å². The summed E-state index contributed by atoms with van der Waals surface area (Å²) < 4.78 is 9.55. The van der Waals surface area contributed by atoms with Crippen LogP contribution < -0.4 is 10.1 Å². The Hall–Kier alpha value is -2.34. The number of nitrogens with one attached hydrogen (secondary N) is 1. The number of hydrogen-bond acceptors (Lipinski definition) is 4. The summed E-state index contributed by atoms with van der Waals surface area (Å²) in [7, 11) is 3.63. The molecule has 3 rings (SSSR count). The van der Waals surface area contributed by atoms with E-state index in [4.69, 9.17) is 4.74 Å². The van der Waals surface area contributed by atoms with Crippen molar-refractivity contribution in [3.8, 4) is 5.88 Å². The Kier molecular flexibility index (Phi) is 5.38. The zero-order valence-electron chi connectivity index (χ0n) is 15.5. The number of ether oxygens (including phenoxy) is 1. The average molecular weight is 341 g/mol. The zero-order valence-corrected chi connectivity index (χ0v) is 15.5. The largest absolute Gasteiger partial charge is 0.481 e. The molecule has 0 aliphatic rings. The number of rotatable bonds is 8. The third kappa shape index (κ3) is 3.69. The van der Waals surface area contributed by atoms with Gasteiger partial charge in [-0.25, -0.2) is 9.67 Å². The van der Waals surface area contributed by atoms with Crippen LogP contribution in [0.15, 0.2) is 30.6 Å². The Morgan fingerprint density at radius 3 is 2.80 bits per heavy atom. The summed E-state index contributed by atoms with van der Waals surface area (Å²) in [4.78, 5) is 4.44. The van der Waals surface area contributed by atoms with E-state index in [0.29, 0.717) is 5.92 Å². The average Bonchev–Trinajstić information content (AvgIpc) is 3.15. The molecular formula is C19H27N5O. The van der Waals surface area contributed by atoms with Gasteiger partial charge in [0, 0.05) is 20.1 Å². The number of imidazole rings is 1. The first-order chi connectivity index (χ1) is 12.1. The molecule has 6 nitrogen and oxygen atoms in total. The van der Waals surface area contributed by atoms with E-state index in [-0.39, 0.29) is 0 Å². The quantitative estimate of drug-likeness (QED) is 0.640. The number of benzene rings is 1. The second-order valence-electron chi connectivity index (χ2n) is 6.61. The number of fused-ring (bicyclic) bond motifs is 1. The molecule has 0 atom stereocenters. The van der Waals surface area contributed by atoms with Crippen molar-refractivity contribution in [1.29, 1.82) is 0 Å². The van der Waals surface area contributed by atoms with E-state index < -0.39 is 0 Å². The summed E-state index contributed by atoms with van der Waals surface area (Å²) in [5.74, 6) is 1.22. The lowest BCUT2D eigenvalue weighted by Crippen LogP contribution is -2.17. The Labute approximate surface area is 148 Å². The molecule has 0 radical (unpaired) electrons. The highest BCUT2D eigenvalue weighted by atomic mass is 16.5. The zero-order chi connectivity index (χ0) is 17.8. The van der Waals surface area contributed by atoms with Crippen molar-refractivity contribution in [2.45, 2.75) is 39.3 Å². The van der Waals surface area contributed by atoms with Gasteiger partial charge in [0.05, 0.1) is 35.7 Å². The van der Waals surface area contributed by atoms with Crippen LogP contribution in [0.1, 0.15) is 37.4 Å². The van der Waals surface area contributed by atoms with Crippen LogP contribution >= 0.6 is 0 Å². The Balaban J connectivity index is 1.55. The van der Waals surface area contributed by atoms with Gasteiger partial charge in [-0.2, -0.15) is 5.10 Å². The molecule has 0 aliphatic heterocycles. The Morgan fingerprint density at radius 2 is 2.04 bits per heavy atom. The van der Waals surface area contributed by atoms with Crippen LogP contribution in [-0.2, 0) is 20.1 Å². The molecule has 0 saturated heterocycles. The molecule has 6 heteroatoms. The predicted octanol–water partition coefficient (Wildman–Crippen LogP) is 3.08. The molecule has 2 aromatic heterocycles. The van der Waals surface area contributed by atoms with Crippen LogP contribution in [0.5, 0.6) is 5.88 Å². The maximum absolute atomic E-state index is 5.52. The van der Waals surface area contributed by atoms with Gasteiger partial charge in [0.25, 0.3) is 0 Å². The summed E-state index contributed by atoms with van der Waals surface area (Å²) >= 11 is 0. The van der Waals surface area contributed by atoms with Crippen LogP contribution in [0.3, 0.4) is 0 Å². The van der Waals surface area contributed by atoms with Crippen molar-refractivity contribution in [2.75, 3.05) is 13.7 Å². The van der Waals surface area contributed by atoms with Crippen molar-refractivity contribution in [2.24, 2.45) is 7.05 Å². The molecule has 0 unspecified atom stereocenters. The van der Waals surface area contributed by atoms with E-state index in [0.717, 1.165) is 48.7 Å². The lowest BCUT2D eigenvalue weighted by atomic mass is 10.1. The minimum atomic E-state index is 0.379. The van der Waals surface area contributed by atoms with Gasteiger partial charge in [0.15, 0.2) is 0 Å². The van der Waals surface area contributed by atoms with E-state index in [1.54, 1.807) is 7.11 Å². The van der Waals surface area contributed by atoms with Crippen molar-refractivity contribution < 1.29 is 4.74 Å². The van der Waals surface area contributed by atoms with Gasteiger partial charge in [-0.15, -0.1) is 0 Å². The lowest BCUT2D eigenvalue weighted by molar-refractivity contribution is 0.368. The Morgan fingerprint density at radius 1 is 1.24 bits per heavy atom. The number of nitrogens with zero attached hydrogens (tertiary/aromatic N) is 4. The number of aryl methyl sites for hydroxylation is 2. The maximum atomic E-state index is 5.52. The second-order valence-corrected chi connectivity index (χ2v) is 6.61. The monoisotopic (exact) mass is 341 g/mol. The summed E-state index contributed by atoms with van der Waals surface area (Å²) in [6, 6.07) is 8.24. The van der Waals surface area contributed by atoms with Gasteiger partial charge in [-0.05, 0) is 31.0 Å². The van der Waals surface area contributed by atoms with Crippen LogP contribution in [0.25, 0.3) is 11.0 Å². The normalized spacial score (nSPS) is 11.6.